The summed E-state index contributed by atoms with van der Waals surface area (Å²) in [5, 5.41) is 3.25. The minimum Gasteiger partial charge on any atom is -0.383 e. The highest BCUT2D eigenvalue weighted by atomic mass is 35.5. The molecule has 1 aliphatic heterocycles. The third kappa shape index (κ3) is 4.85. The van der Waals surface area contributed by atoms with E-state index in [-0.39, 0.29) is 24.8 Å². The second kappa shape index (κ2) is 9.60. The lowest BCUT2D eigenvalue weighted by Crippen LogP contribution is -2.19. The van der Waals surface area contributed by atoms with E-state index in [1.807, 2.05) is 17.5 Å². The van der Waals surface area contributed by atoms with Crippen LogP contribution in [0.5, 0.6) is 0 Å². The number of rotatable bonds is 3. The van der Waals surface area contributed by atoms with Gasteiger partial charge in [0.25, 0.3) is 0 Å². The molecule has 146 valence electrons. The van der Waals surface area contributed by atoms with Crippen LogP contribution in [0.15, 0.2) is 53.0 Å². The highest BCUT2D eigenvalue weighted by Crippen LogP contribution is 2.30. The molecule has 1 saturated heterocycles. The summed E-state index contributed by atoms with van der Waals surface area (Å²) < 4.78 is 2.45. The van der Waals surface area contributed by atoms with E-state index in [1.54, 1.807) is 11.3 Å². The molecule has 3 aromatic rings. The molecule has 4 nitrogen and oxygen atoms in total. The smallest absolute Gasteiger partial charge is 0.141 e. The maximum Gasteiger partial charge on any atom is 0.141 e. The molecule has 3 heterocycles. The van der Waals surface area contributed by atoms with Crippen molar-refractivity contribution in [1.82, 2.24) is 9.47 Å². The van der Waals surface area contributed by atoms with Crippen LogP contribution in [0, 0.1) is 0 Å². The van der Waals surface area contributed by atoms with Gasteiger partial charge in [-0.05, 0) is 75.1 Å². The molecule has 0 aliphatic carbocycles. The van der Waals surface area contributed by atoms with E-state index in [9.17, 15) is 0 Å². The second-order valence-corrected chi connectivity index (χ2v) is 7.78. The van der Waals surface area contributed by atoms with Gasteiger partial charge >= 0.3 is 0 Å². The number of aromatic nitrogens is 1. The SMILES string of the molecule is CN1CCCC(n2ccc3cc(N=C(N)c4cccs4)ccc32)CC1.Cl.Cl. The monoisotopic (exact) mass is 424 g/mol. The Morgan fingerprint density at radius 3 is 2.78 bits per heavy atom. The van der Waals surface area contributed by atoms with Crippen LogP contribution in [-0.4, -0.2) is 35.4 Å². The van der Waals surface area contributed by atoms with Crippen molar-refractivity contribution >= 4 is 58.6 Å². The maximum atomic E-state index is 6.12. The van der Waals surface area contributed by atoms with Gasteiger partial charge in [-0.3, -0.25) is 0 Å². The van der Waals surface area contributed by atoms with E-state index in [2.05, 4.69) is 52.0 Å². The standard InChI is InChI=1S/C20H24N4S.2ClH/c1-23-10-2-4-17(9-11-23)24-12-8-15-14-16(6-7-18(15)24)22-20(21)19-5-3-13-25-19;;/h3,5-8,12-14,17H,2,4,9-11H2,1H3,(H2,21,22);2*1H. The summed E-state index contributed by atoms with van der Waals surface area (Å²) in [5.41, 5.74) is 8.33. The number of hydrogen-bond donors (Lipinski definition) is 1. The Hall–Kier alpha value is -1.53. The fraction of sp³-hybridized carbons (Fsp3) is 0.350. The first kappa shape index (κ1) is 21.8. The third-order valence-corrected chi connectivity index (χ3v) is 5.93. The first-order valence-corrected chi connectivity index (χ1v) is 9.76. The molecule has 7 heteroatoms. The summed E-state index contributed by atoms with van der Waals surface area (Å²) in [6.07, 6.45) is 5.96. The number of thiophene rings is 1. The minimum atomic E-state index is 0. The highest BCUT2D eigenvalue weighted by molar-refractivity contribution is 7.12. The lowest BCUT2D eigenvalue weighted by molar-refractivity contribution is 0.342. The van der Waals surface area contributed by atoms with Crippen molar-refractivity contribution in [2.24, 2.45) is 10.7 Å². The molecule has 0 amide bonds. The number of likely N-dealkylation sites (tertiary alicyclic amines) is 1. The average Bonchev–Trinajstić information content (AvgIpc) is 3.23. The van der Waals surface area contributed by atoms with Crippen LogP contribution >= 0.6 is 36.2 Å². The Balaban J connectivity index is 0.00000131. The van der Waals surface area contributed by atoms with E-state index >= 15 is 0 Å². The predicted molar refractivity (Wildman–Crippen MR) is 122 cm³/mol. The first-order chi connectivity index (χ1) is 12.2. The molecular formula is C20H26Cl2N4S. The van der Waals surface area contributed by atoms with Crippen LogP contribution < -0.4 is 5.73 Å². The Bertz CT molecular complexity index is 889. The zero-order valence-electron chi connectivity index (χ0n) is 15.4. The maximum absolute atomic E-state index is 6.12. The molecule has 1 aliphatic rings. The van der Waals surface area contributed by atoms with Crippen LogP contribution in [0.25, 0.3) is 10.9 Å². The van der Waals surface area contributed by atoms with Crippen molar-refractivity contribution in [3.05, 3.63) is 52.9 Å². The van der Waals surface area contributed by atoms with Crippen molar-refractivity contribution in [2.45, 2.75) is 25.3 Å². The van der Waals surface area contributed by atoms with Gasteiger partial charge in [0.05, 0.1) is 10.6 Å². The van der Waals surface area contributed by atoms with Crippen LogP contribution in [0.4, 0.5) is 5.69 Å². The first-order valence-electron chi connectivity index (χ1n) is 8.88. The molecule has 2 N–H and O–H groups in total. The summed E-state index contributed by atoms with van der Waals surface area (Å²) in [5.74, 6) is 0.584. The molecule has 0 spiro atoms. The number of fused-ring (bicyclic) bond motifs is 1. The number of amidine groups is 1. The fourth-order valence-electron chi connectivity index (χ4n) is 3.66. The molecule has 1 atom stereocenters. The lowest BCUT2D eigenvalue weighted by Gasteiger charge is -2.18. The second-order valence-electron chi connectivity index (χ2n) is 6.83. The molecule has 27 heavy (non-hydrogen) atoms. The van der Waals surface area contributed by atoms with E-state index in [1.165, 1.54) is 43.3 Å². The van der Waals surface area contributed by atoms with Gasteiger partial charge in [-0.2, -0.15) is 0 Å². The van der Waals surface area contributed by atoms with Crippen LogP contribution in [0.3, 0.4) is 0 Å². The molecule has 4 rings (SSSR count). The van der Waals surface area contributed by atoms with Gasteiger partial charge in [0.2, 0.25) is 0 Å². The van der Waals surface area contributed by atoms with Crippen molar-refractivity contribution < 1.29 is 0 Å². The number of benzene rings is 1. The third-order valence-electron chi connectivity index (χ3n) is 5.04. The van der Waals surface area contributed by atoms with Gasteiger partial charge < -0.3 is 15.2 Å². The average molecular weight is 425 g/mol. The molecule has 1 aromatic carbocycles. The van der Waals surface area contributed by atoms with E-state index in [0.717, 1.165) is 10.6 Å². The summed E-state index contributed by atoms with van der Waals surface area (Å²) in [7, 11) is 2.22. The fourth-order valence-corrected chi connectivity index (χ4v) is 4.29. The van der Waals surface area contributed by atoms with Crippen LogP contribution in [-0.2, 0) is 0 Å². The van der Waals surface area contributed by atoms with Gasteiger partial charge in [0.1, 0.15) is 5.84 Å². The summed E-state index contributed by atoms with van der Waals surface area (Å²) in [4.78, 5) is 8.04. The van der Waals surface area contributed by atoms with Crippen molar-refractivity contribution in [2.75, 3.05) is 20.1 Å². The Morgan fingerprint density at radius 2 is 2.00 bits per heavy atom. The number of hydrogen-bond acceptors (Lipinski definition) is 3. The summed E-state index contributed by atoms with van der Waals surface area (Å²) in [6, 6.07) is 13.2. The number of nitrogens with two attached hydrogens (primary N) is 1. The quantitative estimate of drug-likeness (QED) is 0.461. The lowest BCUT2D eigenvalue weighted by atomic mass is 10.1. The van der Waals surface area contributed by atoms with Crippen molar-refractivity contribution in [1.29, 1.82) is 0 Å². The van der Waals surface area contributed by atoms with Gasteiger partial charge in [-0.1, -0.05) is 6.07 Å². The normalized spacial score (nSPS) is 18.6. The zero-order chi connectivity index (χ0) is 17.2. The zero-order valence-corrected chi connectivity index (χ0v) is 17.8. The van der Waals surface area contributed by atoms with Crippen LogP contribution in [0.2, 0.25) is 0 Å². The molecule has 2 aromatic heterocycles. The molecule has 1 fully saturated rings. The molecule has 0 bridgehead atoms. The number of nitrogens with zero attached hydrogens (tertiary/aromatic N) is 3. The van der Waals surface area contributed by atoms with E-state index in [4.69, 9.17) is 5.73 Å². The predicted octanol–water partition coefficient (Wildman–Crippen LogP) is 5.24. The molecule has 0 radical (unpaired) electrons. The van der Waals surface area contributed by atoms with Gasteiger partial charge in [-0.25, -0.2) is 4.99 Å². The van der Waals surface area contributed by atoms with Gasteiger partial charge in [0.15, 0.2) is 0 Å². The molecule has 1 unspecified atom stereocenters. The van der Waals surface area contributed by atoms with Gasteiger partial charge in [-0.15, -0.1) is 36.2 Å². The largest absolute Gasteiger partial charge is 0.383 e. The molecule has 0 saturated carbocycles. The van der Waals surface area contributed by atoms with Crippen molar-refractivity contribution in [3.63, 3.8) is 0 Å². The number of aliphatic imine (C=N–C) groups is 1. The topological polar surface area (TPSA) is 46.5 Å². The van der Waals surface area contributed by atoms with E-state index < -0.39 is 0 Å². The van der Waals surface area contributed by atoms with Crippen LogP contribution in [0.1, 0.15) is 30.2 Å². The Morgan fingerprint density at radius 1 is 1.15 bits per heavy atom. The minimum absolute atomic E-state index is 0. The highest BCUT2D eigenvalue weighted by Gasteiger charge is 2.17. The van der Waals surface area contributed by atoms with E-state index in [0.29, 0.717) is 11.9 Å². The van der Waals surface area contributed by atoms with Crippen molar-refractivity contribution in [3.8, 4) is 0 Å². The van der Waals surface area contributed by atoms with Gasteiger partial charge in [0, 0.05) is 23.1 Å². The Labute approximate surface area is 176 Å². The summed E-state index contributed by atoms with van der Waals surface area (Å²) >= 11 is 1.62. The number of halogens is 2. The molecular weight excluding hydrogens is 399 g/mol. The summed E-state index contributed by atoms with van der Waals surface area (Å²) in [6.45, 7) is 2.38. The Kier molecular flexibility index (Phi) is 7.74.